The molecule has 2 heterocycles. The Morgan fingerprint density at radius 1 is 1.10 bits per heavy atom. The molecule has 0 atom stereocenters. The number of H-pyrrole nitrogens is 1. The summed E-state index contributed by atoms with van der Waals surface area (Å²) in [6, 6.07) is 9.99. The summed E-state index contributed by atoms with van der Waals surface area (Å²) in [6.07, 6.45) is -4.39. The SMILES string of the molecule is CCN(C)c1nc2ccc(-c3noc(COc4ccc(C(F)(F)F)cc4)n3)cc2[nH]1. The fourth-order valence-corrected chi connectivity index (χ4v) is 2.78. The molecule has 156 valence electrons. The lowest BCUT2D eigenvalue weighted by Gasteiger charge is -2.11. The smallest absolute Gasteiger partial charge is 0.416 e. The van der Waals surface area contributed by atoms with Crippen LogP contribution in [-0.4, -0.2) is 33.7 Å². The Balaban J connectivity index is 1.46. The number of fused-ring (bicyclic) bond motifs is 1. The number of anilines is 1. The number of nitrogens with zero attached hydrogens (tertiary/aromatic N) is 4. The van der Waals surface area contributed by atoms with Crippen molar-refractivity contribution in [3.05, 3.63) is 53.9 Å². The third kappa shape index (κ3) is 4.07. The van der Waals surface area contributed by atoms with Crippen LogP contribution in [0.3, 0.4) is 0 Å². The van der Waals surface area contributed by atoms with Crippen molar-refractivity contribution in [3.63, 3.8) is 0 Å². The van der Waals surface area contributed by atoms with Gasteiger partial charge in [-0.2, -0.15) is 18.2 Å². The summed E-state index contributed by atoms with van der Waals surface area (Å²) in [5, 5.41) is 3.95. The summed E-state index contributed by atoms with van der Waals surface area (Å²) in [7, 11) is 1.95. The van der Waals surface area contributed by atoms with E-state index in [-0.39, 0.29) is 18.2 Å². The largest absolute Gasteiger partial charge is 0.484 e. The topological polar surface area (TPSA) is 80.1 Å². The summed E-state index contributed by atoms with van der Waals surface area (Å²) in [5.74, 6) is 1.63. The first-order valence-corrected chi connectivity index (χ1v) is 9.17. The lowest BCUT2D eigenvalue weighted by atomic mass is 10.2. The zero-order valence-electron chi connectivity index (χ0n) is 16.2. The van der Waals surface area contributed by atoms with E-state index < -0.39 is 11.7 Å². The van der Waals surface area contributed by atoms with E-state index in [1.165, 1.54) is 12.1 Å². The first kappa shape index (κ1) is 19.7. The fourth-order valence-electron chi connectivity index (χ4n) is 2.78. The number of benzene rings is 2. The molecular weight excluding hydrogens is 399 g/mol. The summed E-state index contributed by atoms with van der Waals surface area (Å²) in [5.41, 5.74) is 1.66. The first-order chi connectivity index (χ1) is 14.3. The molecule has 0 bridgehead atoms. The van der Waals surface area contributed by atoms with Gasteiger partial charge in [-0.15, -0.1) is 0 Å². The van der Waals surface area contributed by atoms with E-state index >= 15 is 0 Å². The maximum atomic E-state index is 12.6. The van der Waals surface area contributed by atoms with Gasteiger partial charge in [-0.05, 0) is 49.4 Å². The van der Waals surface area contributed by atoms with Crippen molar-refractivity contribution in [2.24, 2.45) is 0 Å². The van der Waals surface area contributed by atoms with Crippen LogP contribution in [0.4, 0.5) is 19.1 Å². The molecule has 0 radical (unpaired) electrons. The molecule has 0 spiro atoms. The Morgan fingerprint density at radius 3 is 2.57 bits per heavy atom. The molecule has 0 aliphatic heterocycles. The Labute approximate surface area is 169 Å². The fraction of sp³-hybridized carbons (Fsp3) is 0.250. The molecule has 30 heavy (non-hydrogen) atoms. The minimum Gasteiger partial charge on any atom is -0.484 e. The van der Waals surface area contributed by atoms with Crippen LogP contribution in [0.25, 0.3) is 22.4 Å². The van der Waals surface area contributed by atoms with Crippen LogP contribution in [0.5, 0.6) is 5.75 Å². The number of rotatable bonds is 6. The molecule has 10 heteroatoms. The zero-order valence-corrected chi connectivity index (χ0v) is 16.2. The van der Waals surface area contributed by atoms with Crippen molar-refractivity contribution in [2.45, 2.75) is 19.7 Å². The second-order valence-corrected chi connectivity index (χ2v) is 6.63. The molecule has 4 rings (SSSR count). The normalized spacial score (nSPS) is 11.8. The summed E-state index contributed by atoms with van der Waals surface area (Å²) in [6.45, 7) is 2.79. The van der Waals surface area contributed by atoms with Crippen LogP contribution in [0, 0.1) is 0 Å². The van der Waals surface area contributed by atoms with Gasteiger partial charge in [0.15, 0.2) is 6.61 Å². The van der Waals surface area contributed by atoms with Gasteiger partial charge in [0, 0.05) is 19.2 Å². The van der Waals surface area contributed by atoms with Crippen molar-refractivity contribution >= 4 is 17.0 Å². The van der Waals surface area contributed by atoms with Gasteiger partial charge >= 0.3 is 6.18 Å². The Hall–Kier alpha value is -3.56. The third-order valence-corrected chi connectivity index (χ3v) is 4.58. The van der Waals surface area contributed by atoms with Crippen molar-refractivity contribution in [3.8, 4) is 17.1 Å². The molecule has 0 aliphatic carbocycles. The highest BCUT2D eigenvalue weighted by atomic mass is 19.4. The third-order valence-electron chi connectivity index (χ3n) is 4.58. The number of halogens is 3. The number of aromatic amines is 1. The average molecular weight is 417 g/mol. The minimum absolute atomic E-state index is 0.0594. The van der Waals surface area contributed by atoms with Gasteiger partial charge < -0.3 is 19.1 Å². The van der Waals surface area contributed by atoms with Gasteiger partial charge in [0.1, 0.15) is 5.75 Å². The summed E-state index contributed by atoms with van der Waals surface area (Å²) in [4.78, 5) is 14.1. The van der Waals surface area contributed by atoms with Crippen LogP contribution in [0.15, 0.2) is 47.0 Å². The van der Waals surface area contributed by atoms with Gasteiger partial charge in [-0.1, -0.05) is 5.16 Å². The summed E-state index contributed by atoms with van der Waals surface area (Å²) < 4.78 is 48.5. The number of hydrogen-bond donors (Lipinski definition) is 1. The van der Waals surface area contributed by atoms with Crippen molar-refractivity contribution in [1.29, 1.82) is 0 Å². The predicted octanol–water partition coefficient (Wildman–Crippen LogP) is 4.67. The standard InChI is InChI=1S/C20H18F3N5O2/c1-3-28(2)19-24-15-9-4-12(10-16(15)25-19)18-26-17(30-27-18)11-29-14-7-5-13(6-8-14)20(21,22)23/h4-10H,3,11H2,1-2H3,(H,24,25). The first-order valence-electron chi connectivity index (χ1n) is 9.17. The highest BCUT2D eigenvalue weighted by Gasteiger charge is 2.30. The highest BCUT2D eigenvalue weighted by Crippen LogP contribution is 2.30. The van der Waals surface area contributed by atoms with Gasteiger partial charge in [-0.3, -0.25) is 0 Å². The van der Waals surface area contributed by atoms with Gasteiger partial charge in [0.2, 0.25) is 11.8 Å². The van der Waals surface area contributed by atoms with Crippen molar-refractivity contribution in [2.75, 3.05) is 18.5 Å². The number of alkyl halides is 3. The van der Waals surface area contributed by atoms with E-state index in [0.29, 0.717) is 5.82 Å². The van der Waals surface area contributed by atoms with Crippen molar-refractivity contribution in [1.82, 2.24) is 20.1 Å². The molecule has 4 aromatic rings. The molecule has 0 unspecified atom stereocenters. The van der Waals surface area contributed by atoms with Crippen LogP contribution in [0.2, 0.25) is 0 Å². The van der Waals surface area contributed by atoms with E-state index in [1.807, 2.05) is 37.1 Å². The van der Waals surface area contributed by atoms with Crippen molar-refractivity contribution < 1.29 is 22.4 Å². The van der Waals surface area contributed by atoms with E-state index in [9.17, 15) is 13.2 Å². The molecule has 7 nitrogen and oxygen atoms in total. The minimum atomic E-state index is -4.39. The maximum absolute atomic E-state index is 12.6. The molecule has 0 saturated carbocycles. The Bertz CT molecular complexity index is 1150. The molecule has 2 aromatic carbocycles. The van der Waals surface area contributed by atoms with E-state index in [1.54, 1.807) is 0 Å². The zero-order chi connectivity index (χ0) is 21.3. The van der Waals surface area contributed by atoms with Crippen LogP contribution in [-0.2, 0) is 12.8 Å². The average Bonchev–Trinajstić information content (AvgIpc) is 3.37. The van der Waals surface area contributed by atoms with E-state index in [0.717, 1.165) is 41.2 Å². The number of imidazole rings is 1. The monoisotopic (exact) mass is 417 g/mol. The number of hydrogen-bond acceptors (Lipinski definition) is 6. The lowest BCUT2D eigenvalue weighted by Crippen LogP contribution is -2.16. The molecule has 0 fully saturated rings. The highest BCUT2D eigenvalue weighted by molar-refractivity contribution is 5.82. The maximum Gasteiger partial charge on any atom is 0.416 e. The van der Waals surface area contributed by atoms with E-state index in [4.69, 9.17) is 9.26 Å². The second-order valence-electron chi connectivity index (χ2n) is 6.63. The number of nitrogens with one attached hydrogen (secondary N) is 1. The molecular formula is C20H18F3N5O2. The van der Waals surface area contributed by atoms with Crippen LogP contribution >= 0.6 is 0 Å². The van der Waals surface area contributed by atoms with Gasteiger partial charge in [-0.25, -0.2) is 4.98 Å². The quantitative estimate of drug-likeness (QED) is 0.491. The molecule has 2 aromatic heterocycles. The van der Waals surface area contributed by atoms with E-state index in [2.05, 4.69) is 20.1 Å². The Morgan fingerprint density at radius 2 is 1.87 bits per heavy atom. The molecule has 0 aliphatic rings. The van der Waals surface area contributed by atoms with Gasteiger partial charge in [0.25, 0.3) is 5.89 Å². The summed E-state index contributed by atoms with van der Waals surface area (Å²) >= 11 is 0. The molecule has 0 saturated heterocycles. The van der Waals surface area contributed by atoms with Gasteiger partial charge in [0.05, 0.1) is 16.6 Å². The Kier molecular flexibility index (Phi) is 5.06. The second kappa shape index (κ2) is 7.69. The lowest BCUT2D eigenvalue weighted by molar-refractivity contribution is -0.137. The number of aromatic nitrogens is 4. The van der Waals surface area contributed by atoms with Crippen LogP contribution in [0.1, 0.15) is 18.4 Å². The van der Waals surface area contributed by atoms with Crippen LogP contribution < -0.4 is 9.64 Å². The molecule has 1 N–H and O–H groups in total. The predicted molar refractivity (Wildman–Crippen MR) is 104 cm³/mol. The molecule has 0 amide bonds. The number of ether oxygens (including phenoxy) is 1.